The van der Waals surface area contributed by atoms with E-state index in [2.05, 4.69) is 15.5 Å². The van der Waals surface area contributed by atoms with E-state index in [1.165, 1.54) is 11.8 Å². The lowest BCUT2D eigenvalue weighted by molar-refractivity contribution is -0.127. The molecule has 0 saturated heterocycles. The standard InChI is InChI=1S/C10H16N6OS/c1-8(2)16-10(12-13-14-16)18-7-9(17)15(3)6-4-5-11/h8H,4,6-7H2,1-3H3. The zero-order chi connectivity index (χ0) is 13.5. The molecule has 1 rings (SSSR count). The molecule has 98 valence electrons. The summed E-state index contributed by atoms with van der Waals surface area (Å²) >= 11 is 1.30. The van der Waals surface area contributed by atoms with Gasteiger partial charge in [-0.1, -0.05) is 11.8 Å². The molecule has 0 spiro atoms. The number of carbonyl (C=O) groups excluding carboxylic acids is 1. The van der Waals surface area contributed by atoms with Crippen LogP contribution in [-0.4, -0.2) is 50.4 Å². The van der Waals surface area contributed by atoms with Gasteiger partial charge in [0.25, 0.3) is 0 Å². The first-order valence-electron chi connectivity index (χ1n) is 5.57. The number of carbonyl (C=O) groups is 1. The highest BCUT2D eigenvalue weighted by molar-refractivity contribution is 7.99. The van der Waals surface area contributed by atoms with Crippen molar-refractivity contribution in [3.63, 3.8) is 0 Å². The molecule has 1 aromatic rings. The highest BCUT2D eigenvalue weighted by atomic mass is 32.2. The molecule has 0 aliphatic heterocycles. The second-order valence-corrected chi connectivity index (χ2v) is 4.95. The summed E-state index contributed by atoms with van der Waals surface area (Å²) in [4.78, 5) is 13.3. The van der Waals surface area contributed by atoms with Crippen molar-refractivity contribution in [3.05, 3.63) is 0 Å². The van der Waals surface area contributed by atoms with Crippen LogP contribution < -0.4 is 0 Å². The van der Waals surface area contributed by atoms with Crippen molar-refractivity contribution < 1.29 is 4.79 Å². The highest BCUT2D eigenvalue weighted by Crippen LogP contribution is 2.17. The average Bonchev–Trinajstić information content (AvgIpc) is 2.81. The maximum Gasteiger partial charge on any atom is 0.232 e. The first kappa shape index (κ1) is 14.4. The summed E-state index contributed by atoms with van der Waals surface area (Å²) in [5.74, 6) is 0.239. The molecule has 0 aromatic carbocycles. The van der Waals surface area contributed by atoms with Gasteiger partial charge in [0, 0.05) is 13.6 Å². The minimum atomic E-state index is -0.0337. The van der Waals surface area contributed by atoms with Crippen LogP contribution in [0.5, 0.6) is 0 Å². The van der Waals surface area contributed by atoms with Crippen LogP contribution in [-0.2, 0) is 4.79 Å². The Bertz CT molecular complexity index is 438. The van der Waals surface area contributed by atoms with Gasteiger partial charge in [0.05, 0.1) is 24.3 Å². The molecule has 0 saturated carbocycles. The van der Waals surface area contributed by atoms with Gasteiger partial charge in [-0.3, -0.25) is 4.79 Å². The second-order valence-electron chi connectivity index (χ2n) is 4.01. The predicted molar refractivity (Wildman–Crippen MR) is 66.8 cm³/mol. The fraction of sp³-hybridized carbons (Fsp3) is 0.700. The minimum absolute atomic E-state index is 0.0337. The number of tetrazole rings is 1. The van der Waals surface area contributed by atoms with Crippen molar-refractivity contribution in [2.45, 2.75) is 31.5 Å². The molecule has 1 aromatic heterocycles. The van der Waals surface area contributed by atoms with Crippen LogP contribution in [0, 0.1) is 11.3 Å². The van der Waals surface area contributed by atoms with E-state index in [1.807, 2.05) is 19.9 Å². The zero-order valence-corrected chi connectivity index (χ0v) is 11.5. The molecule has 0 N–H and O–H groups in total. The van der Waals surface area contributed by atoms with Gasteiger partial charge in [-0.05, 0) is 24.3 Å². The monoisotopic (exact) mass is 268 g/mol. The number of hydrogen-bond acceptors (Lipinski definition) is 6. The van der Waals surface area contributed by atoms with Crippen molar-refractivity contribution in [2.75, 3.05) is 19.3 Å². The maximum absolute atomic E-state index is 11.7. The smallest absolute Gasteiger partial charge is 0.232 e. The van der Waals surface area contributed by atoms with Crippen LogP contribution in [0.4, 0.5) is 0 Å². The van der Waals surface area contributed by atoms with E-state index >= 15 is 0 Å². The molecule has 18 heavy (non-hydrogen) atoms. The molecule has 0 aliphatic rings. The number of hydrogen-bond donors (Lipinski definition) is 0. The predicted octanol–water partition coefficient (Wildman–Crippen LogP) is 0.718. The second kappa shape index (κ2) is 6.96. The molecule has 0 unspecified atom stereocenters. The summed E-state index contributed by atoms with van der Waals surface area (Å²) in [5.41, 5.74) is 0. The van der Waals surface area contributed by atoms with E-state index in [0.29, 0.717) is 18.1 Å². The third-order valence-electron chi connectivity index (χ3n) is 2.26. The lowest BCUT2D eigenvalue weighted by Gasteiger charge is -2.14. The Morgan fingerprint density at radius 1 is 1.61 bits per heavy atom. The van der Waals surface area contributed by atoms with Gasteiger partial charge in [-0.15, -0.1) is 5.10 Å². The van der Waals surface area contributed by atoms with Crippen molar-refractivity contribution >= 4 is 17.7 Å². The Morgan fingerprint density at radius 3 is 2.94 bits per heavy atom. The lowest BCUT2D eigenvalue weighted by atomic mass is 10.4. The third kappa shape index (κ3) is 4.00. The molecule has 7 nitrogen and oxygen atoms in total. The van der Waals surface area contributed by atoms with Crippen LogP contribution in [0.15, 0.2) is 5.16 Å². The molecule has 0 atom stereocenters. The zero-order valence-electron chi connectivity index (χ0n) is 10.7. The number of rotatable bonds is 6. The van der Waals surface area contributed by atoms with E-state index in [1.54, 1.807) is 16.6 Å². The first-order valence-corrected chi connectivity index (χ1v) is 6.56. The summed E-state index contributed by atoms with van der Waals surface area (Å²) in [7, 11) is 1.69. The molecule has 0 aliphatic carbocycles. The Labute approximate surface area is 110 Å². The topological polar surface area (TPSA) is 87.7 Å². The molecule has 1 amide bonds. The number of thioether (sulfide) groups is 1. The molecule has 1 heterocycles. The summed E-state index contributed by atoms with van der Waals surface area (Å²) < 4.78 is 1.67. The molecule has 0 bridgehead atoms. The van der Waals surface area contributed by atoms with Gasteiger partial charge in [0.1, 0.15) is 0 Å². The molecule has 0 fully saturated rings. The summed E-state index contributed by atoms with van der Waals surface area (Å²) in [6.45, 7) is 4.40. The van der Waals surface area contributed by atoms with Gasteiger partial charge < -0.3 is 4.90 Å². The van der Waals surface area contributed by atoms with Gasteiger partial charge >= 0.3 is 0 Å². The Kier molecular flexibility index (Phi) is 5.58. The Balaban J connectivity index is 2.47. The number of aromatic nitrogens is 4. The van der Waals surface area contributed by atoms with Crippen LogP contribution in [0.3, 0.4) is 0 Å². The first-order chi connectivity index (χ1) is 8.56. The maximum atomic E-state index is 11.7. The van der Waals surface area contributed by atoms with Crippen molar-refractivity contribution in [2.24, 2.45) is 0 Å². The number of nitrogens with zero attached hydrogens (tertiary/aromatic N) is 6. The summed E-state index contributed by atoms with van der Waals surface area (Å²) in [6.07, 6.45) is 0.344. The number of nitriles is 1. The van der Waals surface area contributed by atoms with Crippen molar-refractivity contribution in [1.29, 1.82) is 5.26 Å². The third-order valence-corrected chi connectivity index (χ3v) is 3.18. The van der Waals surface area contributed by atoms with Crippen LogP contribution >= 0.6 is 11.8 Å². The SMILES string of the molecule is CC(C)n1nnnc1SCC(=O)N(C)CCC#N. The van der Waals surface area contributed by atoms with Crippen LogP contribution in [0.1, 0.15) is 26.3 Å². The van der Waals surface area contributed by atoms with E-state index in [-0.39, 0.29) is 17.7 Å². The highest BCUT2D eigenvalue weighted by Gasteiger charge is 2.14. The fourth-order valence-corrected chi connectivity index (χ4v) is 2.13. The van der Waals surface area contributed by atoms with E-state index in [9.17, 15) is 4.79 Å². The fourth-order valence-electron chi connectivity index (χ4n) is 1.18. The quantitative estimate of drug-likeness (QED) is 0.706. The van der Waals surface area contributed by atoms with Crippen molar-refractivity contribution in [3.8, 4) is 6.07 Å². The van der Waals surface area contributed by atoms with Gasteiger partial charge in [0.2, 0.25) is 11.1 Å². The minimum Gasteiger partial charge on any atom is -0.344 e. The Morgan fingerprint density at radius 2 is 2.33 bits per heavy atom. The van der Waals surface area contributed by atoms with E-state index in [0.717, 1.165) is 0 Å². The summed E-state index contributed by atoms with van der Waals surface area (Å²) in [6, 6.07) is 2.17. The lowest BCUT2D eigenvalue weighted by Crippen LogP contribution is -2.29. The normalized spacial score (nSPS) is 10.4. The molecular weight excluding hydrogens is 252 g/mol. The van der Waals surface area contributed by atoms with Gasteiger partial charge in [0.15, 0.2) is 0 Å². The van der Waals surface area contributed by atoms with E-state index in [4.69, 9.17) is 5.26 Å². The van der Waals surface area contributed by atoms with Crippen LogP contribution in [0.25, 0.3) is 0 Å². The average molecular weight is 268 g/mol. The van der Waals surface area contributed by atoms with Gasteiger partial charge in [-0.2, -0.15) is 5.26 Å². The Hall–Kier alpha value is -1.62. The van der Waals surface area contributed by atoms with E-state index < -0.39 is 0 Å². The van der Waals surface area contributed by atoms with Crippen molar-refractivity contribution in [1.82, 2.24) is 25.1 Å². The van der Waals surface area contributed by atoms with Gasteiger partial charge in [-0.25, -0.2) is 4.68 Å². The summed E-state index contributed by atoms with van der Waals surface area (Å²) in [5, 5.41) is 20.4. The number of amides is 1. The molecular formula is C10H16N6OS. The largest absolute Gasteiger partial charge is 0.344 e. The van der Waals surface area contributed by atoms with Crippen LogP contribution in [0.2, 0.25) is 0 Å². The molecule has 8 heteroatoms. The molecule has 0 radical (unpaired) electrons.